The van der Waals surface area contributed by atoms with Crippen molar-refractivity contribution in [3.63, 3.8) is 0 Å². The molecule has 0 aromatic carbocycles. The molecule has 0 unspecified atom stereocenters. The minimum Gasteiger partial charge on any atom is -0.391 e. The summed E-state index contributed by atoms with van der Waals surface area (Å²) >= 11 is 0. The molecule has 0 spiro atoms. The van der Waals surface area contributed by atoms with Gasteiger partial charge in [-0.15, -0.1) is 0 Å². The SMILES string of the molecule is Cc1nn(C[C@@H](C)O)cc1[N+](=O)[O-]. The van der Waals surface area contributed by atoms with Crippen molar-refractivity contribution in [3.05, 3.63) is 22.0 Å². The van der Waals surface area contributed by atoms with Crippen LogP contribution in [-0.4, -0.2) is 25.9 Å². The molecule has 1 aromatic rings. The summed E-state index contributed by atoms with van der Waals surface area (Å²) in [4.78, 5) is 9.93. The van der Waals surface area contributed by atoms with Crippen molar-refractivity contribution in [1.29, 1.82) is 0 Å². The van der Waals surface area contributed by atoms with Gasteiger partial charge >= 0.3 is 5.69 Å². The van der Waals surface area contributed by atoms with E-state index in [9.17, 15) is 10.1 Å². The fraction of sp³-hybridized carbons (Fsp3) is 0.571. The Bertz CT molecular complexity index is 319. The molecule has 0 bridgehead atoms. The van der Waals surface area contributed by atoms with Gasteiger partial charge in [0.15, 0.2) is 0 Å². The Labute approximate surface area is 74.9 Å². The first-order chi connectivity index (χ1) is 6.00. The highest BCUT2D eigenvalue weighted by molar-refractivity contribution is 5.30. The Balaban J connectivity index is 2.89. The number of aryl methyl sites for hydroxylation is 1. The lowest BCUT2D eigenvalue weighted by Gasteiger charge is -2.01. The number of rotatable bonds is 3. The molecule has 0 radical (unpaired) electrons. The average Bonchev–Trinajstić information content (AvgIpc) is 2.29. The zero-order chi connectivity index (χ0) is 10.0. The van der Waals surface area contributed by atoms with Crippen LogP contribution in [0.15, 0.2) is 6.20 Å². The largest absolute Gasteiger partial charge is 0.391 e. The van der Waals surface area contributed by atoms with Crippen LogP contribution in [0.4, 0.5) is 5.69 Å². The van der Waals surface area contributed by atoms with Gasteiger partial charge in [-0.05, 0) is 13.8 Å². The summed E-state index contributed by atoms with van der Waals surface area (Å²) < 4.78 is 1.37. The third-order valence-corrected chi connectivity index (χ3v) is 1.57. The summed E-state index contributed by atoms with van der Waals surface area (Å²) in [7, 11) is 0. The van der Waals surface area contributed by atoms with Crippen molar-refractivity contribution >= 4 is 5.69 Å². The maximum atomic E-state index is 10.4. The molecule has 72 valence electrons. The number of nitro groups is 1. The second-order valence-electron chi connectivity index (χ2n) is 2.93. The van der Waals surface area contributed by atoms with Crippen LogP contribution in [0, 0.1) is 17.0 Å². The van der Waals surface area contributed by atoms with Gasteiger partial charge in [0.25, 0.3) is 0 Å². The molecule has 1 atom stereocenters. The van der Waals surface area contributed by atoms with Crippen molar-refractivity contribution in [1.82, 2.24) is 9.78 Å². The fourth-order valence-corrected chi connectivity index (χ4v) is 1.05. The topological polar surface area (TPSA) is 81.2 Å². The number of aromatic nitrogens is 2. The first-order valence-electron chi connectivity index (χ1n) is 3.87. The highest BCUT2D eigenvalue weighted by Crippen LogP contribution is 2.14. The van der Waals surface area contributed by atoms with Gasteiger partial charge < -0.3 is 5.11 Å². The van der Waals surface area contributed by atoms with E-state index in [1.807, 2.05) is 0 Å². The third kappa shape index (κ3) is 2.25. The van der Waals surface area contributed by atoms with Crippen LogP contribution in [0.25, 0.3) is 0 Å². The van der Waals surface area contributed by atoms with Crippen LogP contribution in [-0.2, 0) is 6.54 Å². The Morgan fingerprint density at radius 1 is 1.85 bits per heavy atom. The third-order valence-electron chi connectivity index (χ3n) is 1.57. The number of hydrogen-bond acceptors (Lipinski definition) is 4. The van der Waals surface area contributed by atoms with E-state index < -0.39 is 11.0 Å². The molecule has 1 N–H and O–H groups in total. The van der Waals surface area contributed by atoms with Gasteiger partial charge in [0, 0.05) is 0 Å². The lowest BCUT2D eigenvalue weighted by Crippen LogP contribution is -2.11. The zero-order valence-electron chi connectivity index (χ0n) is 7.47. The molecule has 6 heteroatoms. The summed E-state index contributed by atoms with van der Waals surface area (Å²) in [6.45, 7) is 3.44. The van der Waals surface area contributed by atoms with Gasteiger partial charge in [0.1, 0.15) is 11.9 Å². The maximum absolute atomic E-state index is 10.4. The van der Waals surface area contributed by atoms with E-state index in [2.05, 4.69) is 5.10 Å². The van der Waals surface area contributed by atoms with Crippen LogP contribution in [0.5, 0.6) is 0 Å². The lowest BCUT2D eigenvalue weighted by molar-refractivity contribution is -0.385. The molecule has 1 heterocycles. The van der Waals surface area contributed by atoms with Crippen molar-refractivity contribution in [3.8, 4) is 0 Å². The van der Waals surface area contributed by atoms with E-state index in [0.29, 0.717) is 5.69 Å². The molecule has 1 rings (SSSR count). The predicted octanol–water partition coefficient (Wildman–Crippen LogP) is 0.481. The van der Waals surface area contributed by atoms with Crippen molar-refractivity contribution in [2.45, 2.75) is 26.5 Å². The van der Waals surface area contributed by atoms with E-state index in [0.717, 1.165) is 0 Å². The molecule has 1 aromatic heterocycles. The quantitative estimate of drug-likeness (QED) is 0.548. The number of nitrogens with zero attached hydrogens (tertiary/aromatic N) is 3. The van der Waals surface area contributed by atoms with Crippen LogP contribution < -0.4 is 0 Å². The highest BCUT2D eigenvalue weighted by atomic mass is 16.6. The zero-order valence-corrected chi connectivity index (χ0v) is 7.47. The molecule has 0 fully saturated rings. The van der Waals surface area contributed by atoms with Crippen molar-refractivity contribution in [2.75, 3.05) is 0 Å². The monoisotopic (exact) mass is 185 g/mol. The van der Waals surface area contributed by atoms with E-state index >= 15 is 0 Å². The van der Waals surface area contributed by atoms with E-state index in [-0.39, 0.29) is 12.2 Å². The van der Waals surface area contributed by atoms with Gasteiger partial charge in [-0.1, -0.05) is 0 Å². The summed E-state index contributed by atoms with van der Waals surface area (Å²) in [5.41, 5.74) is 0.353. The second kappa shape index (κ2) is 3.53. The number of aliphatic hydroxyl groups is 1. The van der Waals surface area contributed by atoms with Crippen LogP contribution in [0.2, 0.25) is 0 Å². The molecular formula is C7H11N3O3. The minimum atomic E-state index is -0.557. The summed E-state index contributed by atoms with van der Waals surface area (Å²) in [6.07, 6.45) is 0.765. The van der Waals surface area contributed by atoms with Crippen LogP contribution in [0.1, 0.15) is 12.6 Å². The molecule has 0 aliphatic carbocycles. The van der Waals surface area contributed by atoms with Gasteiger partial charge in [0.2, 0.25) is 0 Å². The van der Waals surface area contributed by atoms with Gasteiger partial charge in [-0.3, -0.25) is 14.8 Å². The highest BCUT2D eigenvalue weighted by Gasteiger charge is 2.15. The second-order valence-corrected chi connectivity index (χ2v) is 2.93. The van der Waals surface area contributed by atoms with Crippen molar-refractivity contribution in [2.24, 2.45) is 0 Å². The Kier molecular flexibility index (Phi) is 2.62. The first kappa shape index (κ1) is 9.66. The minimum absolute atomic E-state index is 0.0133. The maximum Gasteiger partial charge on any atom is 0.309 e. The van der Waals surface area contributed by atoms with Gasteiger partial charge in [-0.25, -0.2) is 0 Å². The smallest absolute Gasteiger partial charge is 0.309 e. The molecule has 0 saturated carbocycles. The predicted molar refractivity (Wildman–Crippen MR) is 45.3 cm³/mol. The van der Waals surface area contributed by atoms with Gasteiger partial charge in [0.05, 0.1) is 17.6 Å². The standard InChI is InChI=1S/C7H11N3O3/c1-5(11)3-9-4-7(10(12)13)6(2)8-9/h4-5,11H,3H2,1-2H3/t5-/m1/s1. The molecule has 0 amide bonds. The van der Waals surface area contributed by atoms with E-state index in [1.165, 1.54) is 10.9 Å². The number of hydrogen-bond donors (Lipinski definition) is 1. The fourth-order valence-electron chi connectivity index (χ4n) is 1.05. The number of aliphatic hydroxyl groups excluding tert-OH is 1. The molecule has 6 nitrogen and oxygen atoms in total. The van der Waals surface area contributed by atoms with E-state index in [4.69, 9.17) is 5.11 Å². The molecular weight excluding hydrogens is 174 g/mol. The summed E-state index contributed by atoms with van der Waals surface area (Å²) in [5, 5.41) is 23.3. The summed E-state index contributed by atoms with van der Waals surface area (Å²) in [5.74, 6) is 0. The Morgan fingerprint density at radius 3 is 2.85 bits per heavy atom. The Morgan fingerprint density at radius 2 is 2.46 bits per heavy atom. The van der Waals surface area contributed by atoms with Crippen LogP contribution >= 0.6 is 0 Å². The first-order valence-corrected chi connectivity index (χ1v) is 3.87. The summed E-state index contributed by atoms with van der Waals surface area (Å²) in [6, 6.07) is 0. The van der Waals surface area contributed by atoms with E-state index in [1.54, 1.807) is 13.8 Å². The lowest BCUT2D eigenvalue weighted by atomic mass is 10.4. The van der Waals surface area contributed by atoms with Crippen LogP contribution in [0.3, 0.4) is 0 Å². The Hall–Kier alpha value is -1.43. The molecule has 0 aliphatic heterocycles. The average molecular weight is 185 g/mol. The van der Waals surface area contributed by atoms with Gasteiger partial charge in [-0.2, -0.15) is 5.10 Å². The molecule has 0 aliphatic rings. The normalized spacial score (nSPS) is 12.8. The molecule has 13 heavy (non-hydrogen) atoms. The van der Waals surface area contributed by atoms with Crippen molar-refractivity contribution < 1.29 is 10.0 Å². The molecule has 0 saturated heterocycles.